The van der Waals surface area contributed by atoms with Crippen LogP contribution in [0.1, 0.15) is 5.56 Å². The molecule has 3 heteroatoms. The number of nitriles is 1. The number of phenolic OH excluding ortho intramolecular Hbond substituents is 1. The molecule has 0 saturated heterocycles. The summed E-state index contributed by atoms with van der Waals surface area (Å²) in [7, 11) is 0. The molecule has 0 saturated carbocycles. The van der Waals surface area contributed by atoms with E-state index in [-0.39, 0.29) is 5.75 Å². The highest BCUT2D eigenvalue weighted by Gasteiger charge is 2.09. The largest absolute Gasteiger partial charge is 0.504 e. The van der Waals surface area contributed by atoms with E-state index in [1.54, 1.807) is 36.4 Å². The molecule has 0 amide bonds. The van der Waals surface area contributed by atoms with Gasteiger partial charge in [-0.25, -0.2) is 0 Å². The van der Waals surface area contributed by atoms with E-state index in [4.69, 9.17) is 10.00 Å². The zero-order valence-corrected chi connectivity index (χ0v) is 10.6. The molecule has 0 atom stereocenters. The summed E-state index contributed by atoms with van der Waals surface area (Å²) in [6.07, 6.45) is 0. The lowest BCUT2D eigenvalue weighted by Gasteiger charge is -2.10. The van der Waals surface area contributed by atoms with E-state index in [9.17, 15) is 5.11 Å². The molecule has 20 heavy (non-hydrogen) atoms. The Bertz CT molecular complexity index is 819. The molecular formula is C17H11NO2. The summed E-state index contributed by atoms with van der Waals surface area (Å²) >= 11 is 0. The number of para-hydroxylation sites is 2. The molecule has 0 aromatic heterocycles. The van der Waals surface area contributed by atoms with Gasteiger partial charge in [0.15, 0.2) is 11.5 Å². The molecule has 1 N–H and O–H groups in total. The van der Waals surface area contributed by atoms with Crippen molar-refractivity contribution in [3.05, 3.63) is 66.2 Å². The number of hydrogen-bond acceptors (Lipinski definition) is 3. The van der Waals surface area contributed by atoms with Crippen molar-refractivity contribution in [2.45, 2.75) is 0 Å². The van der Waals surface area contributed by atoms with E-state index in [1.165, 1.54) is 0 Å². The van der Waals surface area contributed by atoms with Gasteiger partial charge < -0.3 is 9.84 Å². The van der Waals surface area contributed by atoms with E-state index < -0.39 is 0 Å². The Morgan fingerprint density at radius 1 is 0.800 bits per heavy atom. The van der Waals surface area contributed by atoms with Crippen molar-refractivity contribution in [2.75, 3.05) is 0 Å². The lowest BCUT2D eigenvalue weighted by molar-refractivity contribution is 0.413. The van der Waals surface area contributed by atoms with E-state index in [2.05, 4.69) is 6.07 Å². The highest BCUT2D eigenvalue weighted by atomic mass is 16.5. The maximum Gasteiger partial charge on any atom is 0.169 e. The van der Waals surface area contributed by atoms with Crippen LogP contribution in [0.4, 0.5) is 0 Å². The molecule has 3 rings (SSSR count). The number of fused-ring (bicyclic) bond motifs is 1. The molecule has 0 bridgehead atoms. The van der Waals surface area contributed by atoms with Crippen molar-refractivity contribution < 1.29 is 9.84 Å². The van der Waals surface area contributed by atoms with Crippen molar-refractivity contribution in [3.8, 4) is 23.3 Å². The van der Waals surface area contributed by atoms with Gasteiger partial charge in [-0.2, -0.15) is 5.26 Å². The van der Waals surface area contributed by atoms with Crippen LogP contribution >= 0.6 is 0 Å². The third kappa shape index (κ3) is 2.04. The molecular weight excluding hydrogens is 250 g/mol. The Morgan fingerprint density at radius 3 is 2.25 bits per heavy atom. The maximum absolute atomic E-state index is 9.77. The summed E-state index contributed by atoms with van der Waals surface area (Å²) < 4.78 is 5.76. The number of phenols is 1. The monoisotopic (exact) mass is 261 g/mol. The number of ether oxygens (including phenoxy) is 1. The highest BCUT2D eigenvalue weighted by molar-refractivity contribution is 5.93. The van der Waals surface area contributed by atoms with E-state index in [0.717, 1.165) is 10.8 Å². The first kappa shape index (κ1) is 12.1. The number of nitrogens with zero attached hydrogens (tertiary/aromatic N) is 1. The second-order valence-electron chi connectivity index (χ2n) is 4.34. The Hall–Kier alpha value is -2.99. The van der Waals surface area contributed by atoms with Gasteiger partial charge in [-0.15, -0.1) is 0 Å². The van der Waals surface area contributed by atoms with Gasteiger partial charge in [-0.05, 0) is 24.3 Å². The first-order chi connectivity index (χ1) is 9.79. The predicted octanol–water partition coefficient (Wildman–Crippen LogP) is 4.21. The van der Waals surface area contributed by atoms with Crippen LogP contribution in [0.5, 0.6) is 17.2 Å². The average Bonchev–Trinajstić information content (AvgIpc) is 2.50. The Kier molecular flexibility index (Phi) is 2.98. The summed E-state index contributed by atoms with van der Waals surface area (Å²) in [5.41, 5.74) is 0.602. The molecule has 0 aliphatic carbocycles. The molecule has 0 radical (unpaired) electrons. The van der Waals surface area contributed by atoms with Crippen molar-refractivity contribution >= 4 is 10.8 Å². The Morgan fingerprint density at radius 2 is 1.50 bits per heavy atom. The van der Waals surface area contributed by atoms with Crippen molar-refractivity contribution in [2.24, 2.45) is 0 Å². The predicted molar refractivity (Wildman–Crippen MR) is 76.8 cm³/mol. The van der Waals surface area contributed by atoms with Crippen LogP contribution in [0.3, 0.4) is 0 Å². The smallest absolute Gasteiger partial charge is 0.169 e. The van der Waals surface area contributed by atoms with Crippen LogP contribution in [-0.2, 0) is 0 Å². The number of benzene rings is 3. The summed E-state index contributed by atoms with van der Waals surface area (Å²) in [6.45, 7) is 0. The van der Waals surface area contributed by atoms with Crippen molar-refractivity contribution in [1.29, 1.82) is 5.26 Å². The second-order valence-corrected chi connectivity index (χ2v) is 4.34. The molecule has 96 valence electrons. The fourth-order valence-corrected chi connectivity index (χ4v) is 2.12. The zero-order valence-electron chi connectivity index (χ0n) is 10.6. The fraction of sp³-hybridized carbons (Fsp3) is 0. The summed E-state index contributed by atoms with van der Waals surface area (Å²) in [4.78, 5) is 0. The maximum atomic E-state index is 9.77. The van der Waals surface area contributed by atoms with Gasteiger partial charge in [0.2, 0.25) is 0 Å². The number of hydrogen-bond donors (Lipinski definition) is 1. The number of aromatic hydroxyl groups is 1. The van der Waals surface area contributed by atoms with Gasteiger partial charge in [0, 0.05) is 10.8 Å². The topological polar surface area (TPSA) is 53.2 Å². The van der Waals surface area contributed by atoms with Crippen LogP contribution in [0.2, 0.25) is 0 Å². The first-order valence-electron chi connectivity index (χ1n) is 6.17. The van der Waals surface area contributed by atoms with Crippen LogP contribution in [0.15, 0.2) is 60.7 Å². The lowest BCUT2D eigenvalue weighted by Crippen LogP contribution is -1.88. The standard InChI is InChI=1S/C17H11NO2/c18-11-12-9-10-16(14-6-2-1-5-13(12)14)20-17-8-4-3-7-15(17)19/h1-10,19H. The molecule has 0 unspecified atom stereocenters. The molecule has 3 nitrogen and oxygen atoms in total. The third-order valence-electron chi connectivity index (χ3n) is 3.09. The average molecular weight is 261 g/mol. The lowest BCUT2D eigenvalue weighted by atomic mass is 10.0. The van der Waals surface area contributed by atoms with Crippen molar-refractivity contribution in [1.82, 2.24) is 0 Å². The minimum atomic E-state index is 0.0842. The van der Waals surface area contributed by atoms with Crippen LogP contribution in [-0.4, -0.2) is 5.11 Å². The molecule has 0 heterocycles. The van der Waals surface area contributed by atoms with Gasteiger partial charge in [-0.1, -0.05) is 36.4 Å². The summed E-state index contributed by atoms with van der Waals surface area (Å²) in [5, 5.41) is 20.6. The SMILES string of the molecule is N#Cc1ccc(Oc2ccccc2O)c2ccccc12. The third-order valence-corrected chi connectivity index (χ3v) is 3.09. The Labute approximate surface area is 116 Å². The molecule has 0 aliphatic rings. The molecule has 0 fully saturated rings. The first-order valence-corrected chi connectivity index (χ1v) is 6.17. The molecule has 0 aliphatic heterocycles. The molecule has 0 spiro atoms. The second kappa shape index (κ2) is 4.94. The Balaban J connectivity index is 2.14. The fourth-order valence-electron chi connectivity index (χ4n) is 2.12. The van der Waals surface area contributed by atoms with Gasteiger partial charge in [-0.3, -0.25) is 0 Å². The summed E-state index contributed by atoms with van der Waals surface area (Å²) in [6, 6.07) is 20.0. The van der Waals surface area contributed by atoms with Crippen LogP contribution in [0.25, 0.3) is 10.8 Å². The number of rotatable bonds is 2. The van der Waals surface area contributed by atoms with E-state index in [0.29, 0.717) is 17.1 Å². The van der Waals surface area contributed by atoms with Crippen LogP contribution < -0.4 is 4.74 Å². The van der Waals surface area contributed by atoms with E-state index >= 15 is 0 Å². The van der Waals surface area contributed by atoms with E-state index in [1.807, 2.05) is 24.3 Å². The van der Waals surface area contributed by atoms with Crippen LogP contribution in [0, 0.1) is 11.3 Å². The summed E-state index contributed by atoms with van der Waals surface area (Å²) in [5.74, 6) is 1.09. The highest BCUT2D eigenvalue weighted by Crippen LogP contribution is 2.35. The minimum Gasteiger partial charge on any atom is -0.504 e. The normalized spacial score (nSPS) is 10.2. The van der Waals surface area contributed by atoms with Gasteiger partial charge >= 0.3 is 0 Å². The van der Waals surface area contributed by atoms with Gasteiger partial charge in [0.1, 0.15) is 5.75 Å². The molecule has 3 aromatic rings. The minimum absolute atomic E-state index is 0.0842. The quantitative estimate of drug-likeness (QED) is 0.751. The van der Waals surface area contributed by atoms with Crippen molar-refractivity contribution in [3.63, 3.8) is 0 Å². The molecule has 3 aromatic carbocycles. The zero-order chi connectivity index (χ0) is 13.9. The van der Waals surface area contributed by atoms with Gasteiger partial charge in [0.05, 0.1) is 11.6 Å². The van der Waals surface area contributed by atoms with Gasteiger partial charge in [0.25, 0.3) is 0 Å².